The van der Waals surface area contributed by atoms with Crippen molar-refractivity contribution >= 4 is 23.4 Å². The molecule has 116 valence electrons. The standard InChI is InChI=1S/C16H26N4S/c1-17-13-10-14(20-15(19-13)12-6-7-12)18-11-16(21-2)8-4-3-5-9-16/h10,12H,3-9,11H2,1-2H3,(H2,17,18,19,20). The Labute approximate surface area is 131 Å². The Bertz CT molecular complexity index is 481. The minimum atomic E-state index is 0.392. The number of anilines is 2. The van der Waals surface area contributed by atoms with Crippen LogP contribution in [0.4, 0.5) is 11.6 Å². The van der Waals surface area contributed by atoms with Crippen molar-refractivity contribution in [2.24, 2.45) is 0 Å². The Morgan fingerprint density at radius 3 is 2.52 bits per heavy atom. The highest BCUT2D eigenvalue weighted by molar-refractivity contribution is 8.00. The fourth-order valence-corrected chi connectivity index (χ4v) is 4.02. The smallest absolute Gasteiger partial charge is 0.136 e. The molecular formula is C16H26N4S. The lowest BCUT2D eigenvalue weighted by molar-refractivity contribution is 0.411. The highest BCUT2D eigenvalue weighted by atomic mass is 32.2. The topological polar surface area (TPSA) is 49.8 Å². The van der Waals surface area contributed by atoms with Crippen LogP contribution in [0.3, 0.4) is 0 Å². The van der Waals surface area contributed by atoms with Gasteiger partial charge in [0.05, 0.1) is 0 Å². The van der Waals surface area contributed by atoms with Gasteiger partial charge in [0.2, 0.25) is 0 Å². The van der Waals surface area contributed by atoms with E-state index >= 15 is 0 Å². The molecule has 0 radical (unpaired) electrons. The molecule has 0 unspecified atom stereocenters. The summed E-state index contributed by atoms with van der Waals surface area (Å²) >= 11 is 2.02. The molecule has 2 fully saturated rings. The fourth-order valence-electron chi connectivity index (χ4n) is 3.11. The maximum atomic E-state index is 4.72. The zero-order valence-electron chi connectivity index (χ0n) is 13.1. The molecule has 2 aliphatic rings. The second-order valence-electron chi connectivity index (χ2n) is 6.32. The third-order valence-electron chi connectivity index (χ3n) is 4.73. The molecule has 1 heterocycles. The normalized spacial score (nSPS) is 21.0. The largest absolute Gasteiger partial charge is 0.373 e. The summed E-state index contributed by atoms with van der Waals surface area (Å²) in [7, 11) is 1.92. The first-order valence-corrected chi connectivity index (χ1v) is 9.33. The van der Waals surface area contributed by atoms with Crippen molar-refractivity contribution in [1.82, 2.24) is 9.97 Å². The maximum absolute atomic E-state index is 4.72. The second-order valence-corrected chi connectivity index (χ2v) is 7.60. The minimum absolute atomic E-state index is 0.392. The summed E-state index contributed by atoms with van der Waals surface area (Å²) in [6.07, 6.45) is 11.5. The summed E-state index contributed by atoms with van der Waals surface area (Å²) < 4.78 is 0.392. The van der Waals surface area contributed by atoms with Gasteiger partial charge < -0.3 is 10.6 Å². The van der Waals surface area contributed by atoms with Crippen LogP contribution >= 0.6 is 11.8 Å². The molecule has 2 saturated carbocycles. The van der Waals surface area contributed by atoms with Crippen molar-refractivity contribution in [2.45, 2.75) is 55.6 Å². The van der Waals surface area contributed by atoms with E-state index in [1.54, 1.807) is 0 Å². The monoisotopic (exact) mass is 306 g/mol. The van der Waals surface area contributed by atoms with Crippen molar-refractivity contribution in [3.8, 4) is 0 Å². The van der Waals surface area contributed by atoms with Crippen molar-refractivity contribution < 1.29 is 0 Å². The SMILES string of the molecule is CNc1cc(NCC2(SC)CCCCC2)nc(C2CC2)n1. The predicted octanol–water partition coefficient (Wildman–Crippen LogP) is 3.87. The van der Waals surface area contributed by atoms with Crippen LogP contribution in [0.5, 0.6) is 0 Å². The molecule has 1 aromatic rings. The number of nitrogens with one attached hydrogen (secondary N) is 2. The van der Waals surface area contributed by atoms with Crippen LogP contribution in [0.15, 0.2) is 6.07 Å². The average Bonchev–Trinajstić information content (AvgIpc) is 3.38. The van der Waals surface area contributed by atoms with Crippen molar-refractivity contribution in [2.75, 3.05) is 30.5 Å². The van der Waals surface area contributed by atoms with Crippen LogP contribution in [0.25, 0.3) is 0 Å². The quantitative estimate of drug-likeness (QED) is 0.835. The lowest BCUT2D eigenvalue weighted by Gasteiger charge is -2.36. The number of thioether (sulfide) groups is 1. The zero-order valence-corrected chi connectivity index (χ0v) is 13.9. The number of hydrogen-bond acceptors (Lipinski definition) is 5. The van der Waals surface area contributed by atoms with E-state index in [9.17, 15) is 0 Å². The molecule has 0 aromatic carbocycles. The molecule has 3 rings (SSSR count). The van der Waals surface area contributed by atoms with Gasteiger partial charge in [-0.3, -0.25) is 0 Å². The first-order chi connectivity index (χ1) is 10.2. The molecule has 0 spiro atoms. The van der Waals surface area contributed by atoms with Crippen LogP contribution < -0.4 is 10.6 Å². The Hall–Kier alpha value is -0.970. The van der Waals surface area contributed by atoms with Crippen molar-refractivity contribution in [1.29, 1.82) is 0 Å². The Morgan fingerprint density at radius 1 is 1.19 bits per heavy atom. The molecule has 2 aliphatic carbocycles. The van der Waals surface area contributed by atoms with E-state index in [1.165, 1.54) is 44.9 Å². The first kappa shape index (κ1) is 14.9. The molecule has 4 nitrogen and oxygen atoms in total. The van der Waals surface area contributed by atoms with Crippen LogP contribution in [0.2, 0.25) is 0 Å². The highest BCUT2D eigenvalue weighted by Gasteiger charge is 2.31. The molecule has 21 heavy (non-hydrogen) atoms. The Kier molecular flexibility index (Phi) is 4.57. The molecule has 2 N–H and O–H groups in total. The minimum Gasteiger partial charge on any atom is -0.373 e. The van der Waals surface area contributed by atoms with Gasteiger partial charge in [-0.1, -0.05) is 19.3 Å². The fraction of sp³-hybridized carbons (Fsp3) is 0.750. The summed E-state index contributed by atoms with van der Waals surface area (Å²) in [5, 5.41) is 6.75. The van der Waals surface area contributed by atoms with Crippen LogP contribution in [-0.2, 0) is 0 Å². The van der Waals surface area contributed by atoms with E-state index < -0.39 is 0 Å². The summed E-state index contributed by atoms with van der Waals surface area (Å²) in [5.74, 6) is 3.50. The number of hydrogen-bond donors (Lipinski definition) is 2. The molecule has 0 aliphatic heterocycles. The van der Waals surface area contributed by atoms with E-state index in [4.69, 9.17) is 4.98 Å². The summed E-state index contributed by atoms with van der Waals surface area (Å²) in [6, 6.07) is 2.03. The first-order valence-electron chi connectivity index (χ1n) is 8.10. The molecule has 0 atom stereocenters. The maximum Gasteiger partial charge on any atom is 0.136 e. The van der Waals surface area contributed by atoms with Gasteiger partial charge in [-0.15, -0.1) is 0 Å². The third kappa shape index (κ3) is 3.62. The van der Waals surface area contributed by atoms with E-state index in [2.05, 4.69) is 21.9 Å². The number of nitrogens with zero attached hydrogens (tertiary/aromatic N) is 2. The van der Waals surface area contributed by atoms with E-state index in [1.807, 2.05) is 24.9 Å². The van der Waals surface area contributed by atoms with E-state index in [0.717, 1.165) is 24.0 Å². The third-order valence-corrected chi connectivity index (χ3v) is 6.15. The van der Waals surface area contributed by atoms with Gasteiger partial charge in [0.1, 0.15) is 17.5 Å². The molecule has 5 heteroatoms. The van der Waals surface area contributed by atoms with Crippen LogP contribution in [0.1, 0.15) is 56.7 Å². The van der Waals surface area contributed by atoms with Gasteiger partial charge in [0.25, 0.3) is 0 Å². The Morgan fingerprint density at radius 2 is 1.90 bits per heavy atom. The lowest BCUT2D eigenvalue weighted by atomic mass is 9.88. The van der Waals surface area contributed by atoms with E-state index in [-0.39, 0.29) is 0 Å². The molecule has 1 aromatic heterocycles. The summed E-state index contributed by atoms with van der Waals surface area (Å²) in [5.41, 5.74) is 0. The van der Waals surface area contributed by atoms with Gasteiger partial charge in [-0.25, -0.2) is 9.97 Å². The van der Waals surface area contributed by atoms with Crippen LogP contribution in [-0.4, -0.2) is 34.6 Å². The Balaban J connectivity index is 1.70. The second kappa shape index (κ2) is 6.42. The predicted molar refractivity (Wildman–Crippen MR) is 91.4 cm³/mol. The molecule has 0 saturated heterocycles. The van der Waals surface area contributed by atoms with Gasteiger partial charge in [-0.05, 0) is 31.9 Å². The van der Waals surface area contributed by atoms with Gasteiger partial charge in [0.15, 0.2) is 0 Å². The van der Waals surface area contributed by atoms with Gasteiger partial charge in [0, 0.05) is 30.3 Å². The highest BCUT2D eigenvalue weighted by Crippen LogP contribution is 2.40. The molecule has 0 amide bonds. The molecule has 0 bridgehead atoms. The van der Waals surface area contributed by atoms with E-state index in [0.29, 0.717) is 10.7 Å². The van der Waals surface area contributed by atoms with Crippen molar-refractivity contribution in [3.63, 3.8) is 0 Å². The molecular weight excluding hydrogens is 280 g/mol. The summed E-state index contributed by atoms with van der Waals surface area (Å²) in [4.78, 5) is 9.30. The van der Waals surface area contributed by atoms with Gasteiger partial charge in [-0.2, -0.15) is 11.8 Å². The number of rotatable bonds is 6. The lowest BCUT2D eigenvalue weighted by Crippen LogP contribution is -2.35. The van der Waals surface area contributed by atoms with Crippen LogP contribution in [0, 0.1) is 0 Å². The number of aromatic nitrogens is 2. The zero-order chi connectivity index (χ0) is 14.7. The summed E-state index contributed by atoms with van der Waals surface area (Å²) in [6.45, 7) is 1.01. The van der Waals surface area contributed by atoms with Gasteiger partial charge >= 0.3 is 0 Å². The average molecular weight is 306 g/mol. The van der Waals surface area contributed by atoms with Crippen molar-refractivity contribution in [3.05, 3.63) is 11.9 Å².